The average Bonchev–Trinajstić information content (AvgIpc) is 2.86. The van der Waals surface area contributed by atoms with E-state index < -0.39 is 5.97 Å². The van der Waals surface area contributed by atoms with Gasteiger partial charge in [0.15, 0.2) is 5.69 Å². The van der Waals surface area contributed by atoms with Crippen LogP contribution in [-0.4, -0.2) is 11.0 Å². The van der Waals surface area contributed by atoms with E-state index >= 15 is 0 Å². The highest BCUT2D eigenvalue weighted by Gasteiger charge is 2.11. The summed E-state index contributed by atoms with van der Waals surface area (Å²) in [5.41, 5.74) is 6.68. The minimum atomic E-state index is -0.422. The van der Waals surface area contributed by atoms with Crippen LogP contribution in [0.15, 0.2) is 34.1 Å². The number of esters is 1. The highest BCUT2D eigenvalue weighted by molar-refractivity contribution is 9.10. The Kier molecular flexibility index (Phi) is 4.46. The fraction of sp³-hybridized carbons (Fsp3) is 0.167. The number of carbonyl (C=O) groups excluding carboxylic acids is 1. The number of nitrogens with two attached hydrogens (primary N) is 1. The van der Waals surface area contributed by atoms with Gasteiger partial charge in [-0.1, -0.05) is 28.1 Å². The smallest absolute Gasteiger partial charge is 0.358 e. The van der Waals surface area contributed by atoms with Crippen molar-refractivity contribution in [3.63, 3.8) is 0 Å². The number of nitrogens with zero attached hydrogens (tertiary/aromatic N) is 1. The number of benzene rings is 1. The Morgan fingerprint density at radius 3 is 2.72 bits per heavy atom. The number of carbonyl (C=O) groups is 1. The second-order valence-corrected chi connectivity index (χ2v) is 5.39. The Hall–Kier alpha value is -1.24. The molecule has 0 aliphatic rings. The minimum Gasteiger partial charge on any atom is -0.456 e. The molecule has 2 aromatic rings. The minimum absolute atomic E-state index is 0.238. The zero-order valence-corrected chi connectivity index (χ0v) is 11.8. The first-order valence-corrected chi connectivity index (χ1v) is 6.92. The van der Waals surface area contributed by atoms with E-state index in [1.54, 1.807) is 5.38 Å². The van der Waals surface area contributed by atoms with E-state index in [0.29, 0.717) is 12.2 Å². The van der Waals surface area contributed by atoms with Crippen LogP contribution >= 0.6 is 27.3 Å². The highest BCUT2D eigenvalue weighted by atomic mass is 79.9. The van der Waals surface area contributed by atoms with Crippen molar-refractivity contribution in [1.29, 1.82) is 0 Å². The lowest BCUT2D eigenvalue weighted by molar-refractivity contribution is 0.0466. The summed E-state index contributed by atoms with van der Waals surface area (Å²) in [7, 11) is 0. The maximum absolute atomic E-state index is 11.7. The third kappa shape index (κ3) is 3.38. The number of aromatic nitrogens is 1. The van der Waals surface area contributed by atoms with Crippen molar-refractivity contribution in [3.8, 4) is 0 Å². The van der Waals surface area contributed by atoms with Gasteiger partial charge in [0.2, 0.25) is 0 Å². The van der Waals surface area contributed by atoms with E-state index in [9.17, 15) is 4.79 Å². The van der Waals surface area contributed by atoms with Crippen molar-refractivity contribution >= 4 is 33.2 Å². The van der Waals surface area contributed by atoms with Gasteiger partial charge in [0, 0.05) is 16.4 Å². The number of ether oxygens (including phenoxy) is 1. The fourth-order valence-electron chi connectivity index (χ4n) is 1.30. The first kappa shape index (κ1) is 13.2. The van der Waals surface area contributed by atoms with E-state index in [1.807, 2.05) is 24.3 Å². The van der Waals surface area contributed by atoms with Gasteiger partial charge in [-0.05, 0) is 17.7 Å². The molecule has 0 saturated heterocycles. The average molecular weight is 327 g/mol. The largest absolute Gasteiger partial charge is 0.456 e. The van der Waals surface area contributed by atoms with Crippen molar-refractivity contribution in [1.82, 2.24) is 4.98 Å². The lowest BCUT2D eigenvalue weighted by Gasteiger charge is -2.03. The summed E-state index contributed by atoms with van der Waals surface area (Å²) in [6.07, 6.45) is 0. The fourth-order valence-corrected chi connectivity index (χ4v) is 2.21. The van der Waals surface area contributed by atoms with Gasteiger partial charge in [-0.3, -0.25) is 0 Å². The molecule has 0 radical (unpaired) electrons. The molecule has 2 N–H and O–H groups in total. The van der Waals surface area contributed by atoms with Gasteiger partial charge in [-0.2, -0.15) is 0 Å². The van der Waals surface area contributed by atoms with Crippen molar-refractivity contribution in [2.75, 3.05) is 0 Å². The molecule has 0 unspecified atom stereocenters. The van der Waals surface area contributed by atoms with Crippen LogP contribution in [0.3, 0.4) is 0 Å². The van der Waals surface area contributed by atoms with Crippen LogP contribution in [0.1, 0.15) is 21.1 Å². The van der Waals surface area contributed by atoms with Gasteiger partial charge in [-0.25, -0.2) is 9.78 Å². The van der Waals surface area contributed by atoms with Crippen LogP contribution in [0, 0.1) is 0 Å². The first-order chi connectivity index (χ1) is 8.69. The second-order valence-electron chi connectivity index (χ2n) is 3.53. The van der Waals surface area contributed by atoms with Gasteiger partial charge < -0.3 is 10.5 Å². The molecule has 0 saturated carbocycles. The molecular formula is C12H11BrN2O2S. The Labute approximate surface area is 117 Å². The Morgan fingerprint density at radius 1 is 1.39 bits per heavy atom. The van der Waals surface area contributed by atoms with Crippen LogP contribution in [0.25, 0.3) is 0 Å². The molecule has 0 amide bonds. The van der Waals surface area contributed by atoms with E-state index in [1.165, 1.54) is 11.3 Å². The number of rotatable bonds is 4. The molecule has 0 atom stereocenters. The molecule has 0 aliphatic heterocycles. The summed E-state index contributed by atoms with van der Waals surface area (Å²) in [6.45, 7) is 0.576. The summed E-state index contributed by atoms with van der Waals surface area (Å²) < 4.78 is 6.15. The highest BCUT2D eigenvalue weighted by Crippen LogP contribution is 2.13. The van der Waals surface area contributed by atoms with Crippen LogP contribution < -0.4 is 5.73 Å². The van der Waals surface area contributed by atoms with Gasteiger partial charge in [-0.15, -0.1) is 11.3 Å². The maximum Gasteiger partial charge on any atom is 0.358 e. The zero-order chi connectivity index (χ0) is 13.0. The summed E-state index contributed by atoms with van der Waals surface area (Å²) in [4.78, 5) is 15.8. The third-order valence-electron chi connectivity index (χ3n) is 2.22. The predicted octanol–water partition coefficient (Wildman–Crippen LogP) is 2.72. The molecule has 1 aromatic heterocycles. The van der Waals surface area contributed by atoms with Crippen molar-refractivity contribution < 1.29 is 9.53 Å². The van der Waals surface area contributed by atoms with Gasteiger partial charge in [0.05, 0.1) is 0 Å². The molecule has 0 spiro atoms. The predicted molar refractivity (Wildman–Crippen MR) is 73.3 cm³/mol. The molecule has 2 rings (SSSR count). The van der Waals surface area contributed by atoms with Crippen molar-refractivity contribution in [3.05, 3.63) is 50.4 Å². The van der Waals surface area contributed by atoms with Gasteiger partial charge in [0.25, 0.3) is 0 Å². The van der Waals surface area contributed by atoms with E-state index in [0.717, 1.165) is 15.0 Å². The zero-order valence-electron chi connectivity index (χ0n) is 9.43. The van der Waals surface area contributed by atoms with Crippen molar-refractivity contribution in [2.45, 2.75) is 13.2 Å². The number of hydrogen-bond donors (Lipinski definition) is 1. The summed E-state index contributed by atoms with van der Waals surface area (Å²) >= 11 is 4.70. The lowest BCUT2D eigenvalue weighted by Crippen LogP contribution is -2.06. The molecule has 0 fully saturated rings. The lowest BCUT2D eigenvalue weighted by atomic mass is 10.2. The normalized spacial score (nSPS) is 10.3. The molecule has 4 nitrogen and oxygen atoms in total. The monoisotopic (exact) mass is 326 g/mol. The Morgan fingerprint density at radius 2 is 2.11 bits per heavy atom. The standard InChI is InChI=1S/C12H11BrN2O2S/c13-9-3-1-8(2-4-9)6-17-12(16)10-7-18-11(5-14)15-10/h1-4,7H,5-6,14H2. The molecule has 6 heteroatoms. The molecular weight excluding hydrogens is 316 g/mol. The summed E-state index contributed by atoms with van der Waals surface area (Å²) in [5, 5.41) is 2.39. The van der Waals surface area contributed by atoms with Gasteiger partial charge >= 0.3 is 5.97 Å². The van der Waals surface area contributed by atoms with E-state index in [4.69, 9.17) is 10.5 Å². The number of halogens is 1. The molecule has 94 valence electrons. The second kappa shape index (κ2) is 6.08. The topological polar surface area (TPSA) is 65.2 Å². The first-order valence-electron chi connectivity index (χ1n) is 5.25. The molecule has 0 aliphatic carbocycles. The number of thiazole rings is 1. The van der Waals surface area contributed by atoms with Gasteiger partial charge in [0.1, 0.15) is 11.6 Å². The summed E-state index contributed by atoms with van der Waals surface area (Å²) in [5.74, 6) is -0.422. The third-order valence-corrected chi connectivity index (χ3v) is 3.62. The van der Waals surface area contributed by atoms with Crippen LogP contribution in [0.5, 0.6) is 0 Å². The molecule has 0 bridgehead atoms. The quantitative estimate of drug-likeness (QED) is 0.877. The molecule has 1 aromatic carbocycles. The van der Waals surface area contributed by atoms with Crippen molar-refractivity contribution in [2.24, 2.45) is 5.73 Å². The Bertz CT molecular complexity index is 539. The molecule has 1 heterocycles. The summed E-state index contributed by atoms with van der Waals surface area (Å²) in [6, 6.07) is 7.59. The molecule has 18 heavy (non-hydrogen) atoms. The van der Waals surface area contributed by atoms with E-state index in [2.05, 4.69) is 20.9 Å². The van der Waals surface area contributed by atoms with Crippen LogP contribution in [0.2, 0.25) is 0 Å². The number of hydrogen-bond acceptors (Lipinski definition) is 5. The maximum atomic E-state index is 11.7. The Balaban J connectivity index is 1.93. The van der Waals surface area contributed by atoms with E-state index in [-0.39, 0.29) is 6.61 Å². The SMILES string of the molecule is NCc1nc(C(=O)OCc2ccc(Br)cc2)cs1. The van der Waals surface area contributed by atoms with Crippen LogP contribution in [-0.2, 0) is 17.9 Å². The van der Waals surface area contributed by atoms with Crippen LogP contribution in [0.4, 0.5) is 0 Å².